The number of urea groups is 1. The number of imide groups is 1. The second-order valence-electron chi connectivity index (χ2n) is 7.17. The highest BCUT2D eigenvalue weighted by Gasteiger charge is 2.52. The van der Waals surface area contributed by atoms with Crippen molar-refractivity contribution < 1.29 is 19.2 Å². The van der Waals surface area contributed by atoms with Gasteiger partial charge < -0.3 is 16.0 Å². The Bertz CT molecular complexity index is 555. The Balaban J connectivity index is 1.91. The zero-order valence-electron chi connectivity index (χ0n) is 15.2. The van der Waals surface area contributed by atoms with Crippen molar-refractivity contribution in [3.8, 4) is 0 Å². The van der Waals surface area contributed by atoms with Crippen molar-refractivity contribution in [2.24, 2.45) is 5.92 Å². The van der Waals surface area contributed by atoms with Crippen molar-refractivity contribution in [2.75, 3.05) is 13.1 Å². The predicted octanol–water partition coefficient (Wildman–Crippen LogP) is 0.518. The molecule has 2 fully saturated rings. The molecule has 0 aromatic carbocycles. The summed E-state index contributed by atoms with van der Waals surface area (Å²) in [6.07, 6.45) is 3.76. The van der Waals surface area contributed by atoms with Crippen LogP contribution in [0.25, 0.3) is 0 Å². The standard InChI is InChI=1S/C17H28N4O4/c1-4-9-18-14(23)12(3)19-13(22)10-21-15(24)17(20-16(21)25)7-5-11(2)6-8-17/h11-12H,4-10H2,1-3H3,(H,18,23)(H,19,22)(H,20,25). The van der Waals surface area contributed by atoms with E-state index in [-0.39, 0.29) is 18.4 Å². The summed E-state index contributed by atoms with van der Waals surface area (Å²) < 4.78 is 0. The Hall–Kier alpha value is -2.12. The topological polar surface area (TPSA) is 108 Å². The number of rotatable bonds is 6. The van der Waals surface area contributed by atoms with E-state index in [9.17, 15) is 19.2 Å². The molecule has 3 N–H and O–H groups in total. The van der Waals surface area contributed by atoms with Crippen LogP contribution < -0.4 is 16.0 Å². The molecule has 1 atom stereocenters. The van der Waals surface area contributed by atoms with Gasteiger partial charge in [0.15, 0.2) is 0 Å². The Morgan fingerprint density at radius 1 is 1.32 bits per heavy atom. The number of carbonyl (C=O) groups is 4. The summed E-state index contributed by atoms with van der Waals surface area (Å²) in [4.78, 5) is 49.7. The Kier molecular flexibility index (Phi) is 6.02. The van der Waals surface area contributed by atoms with Crippen LogP contribution in [0.3, 0.4) is 0 Å². The van der Waals surface area contributed by atoms with Crippen molar-refractivity contribution in [1.82, 2.24) is 20.9 Å². The summed E-state index contributed by atoms with van der Waals surface area (Å²) in [5.74, 6) is -0.605. The van der Waals surface area contributed by atoms with Gasteiger partial charge in [0.25, 0.3) is 5.91 Å². The van der Waals surface area contributed by atoms with Crippen LogP contribution in [0, 0.1) is 5.92 Å². The fourth-order valence-electron chi connectivity index (χ4n) is 3.31. The minimum absolute atomic E-state index is 0.287. The number of nitrogens with zero attached hydrogens (tertiary/aromatic N) is 1. The average molecular weight is 352 g/mol. The van der Waals surface area contributed by atoms with E-state index in [0.29, 0.717) is 25.3 Å². The molecule has 1 unspecified atom stereocenters. The normalized spacial score (nSPS) is 27.2. The summed E-state index contributed by atoms with van der Waals surface area (Å²) >= 11 is 0. The Morgan fingerprint density at radius 3 is 2.56 bits per heavy atom. The van der Waals surface area contributed by atoms with Gasteiger partial charge >= 0.3 is 6.03 Å². The van der Waals surface area contributed by atoms with E-state index in [1.165, 1.54) is 0 Å². The molecular weight excluding hydrogens is 324 g/mol. The number of carbonyl (C=O) groups excluding carboxylic acids is 4. The molecule has 2 rings (SSSR count). The minimum atomic E-state index is -0.853. The van der Waals surface area contributed by atoms with Gasteiger partial charge in [0.2, 0.25) is 11.8 Å². The molecule has 1 spiro atoms. The fraction of sp³-hybridized carbons (Fsp3) is 0.765. The van der Waals surface area contributed by atoms with Crippen LogP contribution >= 0.6 is 0 Å². The van der Waals surface area contributed by atoms with Gasteiger partial charge in [0, 0.05) is 6.54 Å². The third kappa shape index (κ3) is 4.29. The SMILES string of the molecule is CCCNC(=O)C(C)NC(=O)CN1C(=O)NC2(CCC(C)CC2)C1=O. The van der Waals surface area contributed by atoms with Gasteiger partial charge in [-0.3, -0.25) is 19.3 Å². The van der Waals surface area contributed by atoms with Gasteiger partial charge in [-0.1, -0.05) is 13.8 Å². The lowest BCUT2D eigenvalue weighted by Crippen LogP contribution is -2.51. The largest absolute Gasteiger partial charge is 0.354 e. The van der Waals surface area contributed by atoms with Crippen LogP contribution in [0.1, 0.15) is 52.9 Å². The van der Waals surface area contributed by atoms with Crippen LogP contribution in [0.5, 0.6) is 0 Å². The van der Waals surface area contributed by atoms with E-state index in [0.717, 1.165) is 24.2 Å². The second-order valence-corrected chi connectivity index (χ2v) is 7.17. The Labute approximate surface area is 148 Å². The molecule has 0 radical (unpaired) electrons. The van der Waals surface area contributed by atoms with Crippen LogP contribution in [-0.2, 0) is 14.4 Å². The highest BCUT2D eigenvalue weighted by Crippen LogP contribution is 2.36. The lowest BCUT2D eigenvalue weighted by Gasteiger charge is -2.33. The monoisotopic (exact) mass is 352 g/mol. The van der Waals surface area contributed by atoms with E-state index in [1.807, 2.05) is 6.92 Å². The van der Waals surface area contributed by atoms with Crippen molar-refractivity contribution in [3.63, 3.8) is 0 Å². The highest BCUT2D eigenvalue weighted by atomic mass is 16.2. The molecule has 1 heterocycles. The average Bonchev–Trinajstić information content (AvgIpc) is 2.79. The number of nitrogens with one attached hydrogen (secondary N) is 3. The van der Waals surface area contributed by atoms with E-state index in [4.69, 9.17) is 0 Å². The molecule has 0 aromatic heterocycles. The molecular formula is C17H28N4O4. The maximum absolute atomic E-state index is 12.7. The van der Waals surface area contributed by atoms with Gasteiger partial charge in [-0.2, -0.15) is 0 Å². The molecule has 1 aliphatic heterocycles. The van der Waals surface area contributed by atoms with Gasteiger partial charge in [0.1, 0.15) is 18.1 Å². The lowest BCUT2D eigenvalue weighted by atomic mass is 9.77. The van der Waals surface area contributed by atoms with Crippen molar-refractivity contribution in [1.29, 1.82) is 0 Å². The zero-order chi connectivity index (χ0) is 18.6. The minimum Gasteiger partial charge on any atom is -0.354 e. The molecule has 8 nitrogen and oxygen atoms in total. The first-order chi connectivity index (χ1) is 11.8. The Morgan fingerprint density at radius 2 is 1.96 bits per heavy atom. The number of amides is 5. The first kappa shape index (κ1) is 19.2. The molecule has 0 bridgehead atoms. The van der Waals surface area contributed by atoms with Gasteiger partial charge in [0.05, 0.1) is 0 Å². The van der Waals surface area contributed by atoms with Crippen LogP contribution in [0.2, 0.25) is 0 Å². The summed E-state index contributed by atoms with van der Waals surface area (Å²) in [5.41, 5.74) is -0.853. The van der Waals surface area contributed by atoms with E-state index in [1.54, 1.807) is 6.92 Å². The number of hydrogen-bond donors (Lipinski definition) is 3. The quantitative estimate of drug-likeness (QED) is 0.606. The third-order valence-electron chi connectivity index (χ3n) is 5.00. The number of hydrogen-bond acceptors (Lipinski definition) is 4. The molecule has 0 aromatic rings. The van der Waals surface area contributed by atoms with Crippen LogP contribution in [0.15, 0.2) is 0 Å². The fourth-order valence-corrected chi connectivity index (χ4v) is 3.31. The second kappa shape index (κ2) is 7.84. The van der Waals surface area contributed by atoms with Crippen molar-refractivity contribution in [2.45, 2.75) is 64.5 Å². The first-order valence-corrected chi connectivity index (χ1v) is 9.00. The third-order valence-corrected chi connectivity index (χ3v) is 5.00. The van der Waals surface area contributed by atoms with Crippen LogP contribution in [-0.4, -0.2) is 53.3 Å². The lowest BCUT2D eigenvalue weighted by molar-refractivity contribution is -0.136. The van der Waals surface area contributed by atoms with Crippen molar-refractivity contribution >= 4 is 23.8 Å². The van der Waals surface area contributed by atoms with Gasteiger partial charge in [-0.25, -0.2) is 4.79 Å². The van der Waals surface area contributed by atoms with Crippen LogP contribution in [0.4, 0.5) is 4.79 Å². The maximum Gasteiger partial charge on any atom is 0.325 e. The van der Waals surface area contributed by atoms with E-state index >= 15 is 0 Å². The van der Waals surface area contributed by atoms with Gasteiger partial charge in [-0.05, 0) is 44.9 Å². The summed E-state index contributed by atoms with van der Waals surface area (Å²) in [6, 6.07) is -1.25. The molecule has 25 heavy (non-hydrogen) atoms. The smallest absolute Gasteiger partial charge is 0.325 e. The van der Waals surface area contributed by atoms with Crippen molar-refractivity contribution in [3.05, 3.63) is 0 Å². The molecule has 2 aliphatic rings. The van der Waals surface area contributed by atoms with E-state index < -0.39 is 23.5 Å². The highest BCUT2D eigenvalue weighted by molar-refractivity contribution is 6.09. The van der Waals surface area contributed by atoms with Gasteiger partial charge in [-0.15, -0.1) is 0 Å². The molecule has 1 aliphatic carbocycles. The maximum atomic E-state index is 12.7. The predicted molar refractivity (Wildman–Crippen MR) is 91.5 cm³/mol. The summed E-state index contributed by atoms with van der Waals surface area (Å²) in [6.45, 7) is 5.80. The molecule has 8 heteroatoms. The summed E-state index contributed by atoms with van der Waals surface area (Å²) in [5, 5.41) is 7.99. The molecule has 1 saturated carbocycles. The molecule has 140 valence electrons. The zero-order valence-corrected chi connectivity index (χ0v) is 15.2. The molecule has 1 saturated heterocycles. The molecule has 5 amide bonds. The van der Waals surface area contributed by atoms with E-state index in [2.05, 4.69) is 22.9 Å². The first-order valence-electron chi connectivity index (χ1n) is 9.00. The summed E-state index contributed by atoms with van der Waals surface area (Å²) in [7, 11) is 0.